The molecule has 794 valence electrons. The summed E-state index contributed by atoms with van der Waals surface area (Å²) in [4.78, 5) is 88.2. The molecule has 7 aliphatic rings. The molecule has 7 fully saturated rings. The highest BCUT2D eigenvalue weighted by Crippen LogP contribution is 2.55. The summed E-state index contributed by atoms with van der Waals surface area (Å²) in [6.07, 6.45) is 0.678. The molecule has 0 radical (unpaired) electrons. The van der Waals surface area contributed by atoms with E-state index < -0.39 is 81.5 Å². The van der Waals surface area contributed by atoms with Gasteiger partial charge in [0, 0.05) is 35.2 Å². The molecule has 0 aromatic heterocycles. The van der Waals surface area contributed by atoms with Crippen LogP contribution in [0, 0.1) is 79.3 Å². The molecule has 144 heavy (non-hydrogen) atoms. The van der Waals surface area contributed by atoms with E-state index in [1.807, 2.05) is 91.0 Å². The minimum absolute atomic E-state index is 0.0189. The number of likely N-dealkylation sites (N-methyl/N-ethyl adjacent to an activating group) is 4. The third-order valence-corrected chi connectivity index (χ3v) is 34.6. The average molecular weight is 2130 g/mol. The van der Waals surface area contributed by atoms with Crippen molar-refractivity contribution in [2.75, 3.05) is 28.2 Å². The van der Waals surface area contributed by atoms with Gasteiger partial charge in [0.25, 0.3) is 0 Å². The van der Waals surface area contributed by atoms with Crippen molar-refractivity contribution in [2.45, 2.75) is 317 Å². The van der Waals surface area contributed by atoms with Gasteiger partial charge in [0.1, 0.15) is 81.5 Å². The summed E-state index contributed by atoms with van der Waals surface area (Å²) in [7, 11) is 7.05. The molecule has 21 atom stereocenters. The Bertz CT molecular complexity index is 5000. The van der Waals surface area contributed by atoms with E-state index in [0.717, 1.165) is 22.3 Å². The number of benzene rings is 7. The molecule has 0 unspecified atom stereocenters. The second-order valence-corrected chi connectivity index (χ2v) is 51.4. The van der Waals surface area contributed by atoms with Gasteiger partial charge in [0.2, 0.25) is 0 Å². The molecule has 14 rings (SSSR count). The van der Waals surface area contributed by atoms with Crippen LogP contribution < -0.4 is 38.5 Å². The van der Waals surface area contributed by atoms with E-state index in [2.05, 4.69) is 167 Å². The molecule has 21 nitrogen and oxygen atoms in total. The van der Waals surface area contributed by atoms with E-state index >= 15 is 0 Å². The smallest absolute Gasteiger partial charge is 0.185 e. The molecular formula is C116H162Cl7N7O14. The predicted molar refractivity (Wildman–Crippen MR) is 583 cm³/mol. The first-order chi connectivity index (χ1) is 66.4. The van der Waals surface area contributed by atoms with Crippen LogP contribution >= 0.6 is 81.2 Å². The first kappa shape index (κ1) is 123. The molecule has 7 aromatic carbocycles. The number of carbonyl (C=O) groups is 7. The zero-order valence-electron chi connectivity index (χ0n) is 89.0. The summed E-state index contributed by atoms with van der Waals surface area (Å²) in [6, 6.07) is 50.9. The van der Waals surface area contributed by atoms with Crippen molar-refractivity contribution >= 4 is 122 Å². The predicted octanol–water partition coefficient (Wildman–Crippen LogP) is 21.2. The second kappa shape index (κ2) is 48.1. The Balaban J connectivity index is 0.000000205. The lowest BCUT2D eigenvalue weighted by Gasteiger charge is -2.46. The normalized spacial score (nSPS) is 30.9. The molecule has 0 aliphatic heterocycles. The Morgan fingerprint density at radius 3 is 0.458 bits per heavy atom. The van der Waals surface area contributed by atoms with Gasteiger partial charge < -0.3 is 74.2 Å². The first-order valence-electron chi connectivity index (χ1n) is 50.3. The van der Waals surface area contributed by atoms with Crippen molar-refractivity contribution in [3.05, 3.63) is 244 Å². The molecule has 0 saturated heterocycles. The van der Waals surface area contributed by atoms with Gasteiger partial charge in [-0.15, -0.1) is 0 Å². The van der Waals surface area contributed by atoms with Crippen molar-refractivity contribution in [1.82, 2.24) is 21.3 Å². The monoisotopic (exact) mass is 2120 g/mol. The number of aliphatic hydroxyl groups excluding tert-OH is 7. The molecule has 7 saturated carbocycles. The quantitative estimate of drug-likeness (QED) is 0.0572. The van der Waals surface area contributed by atoms with Crippen molar-refractivity contribution in [3.8, 4) is 0 Å². The number of hydrogen-bond donors (Lipinski definition) is 14. The highest BCUT2D eigenvalue weighted by molar-refractivity contribution is 6.34. The van der Waals surface area contributed by atoms with Crippen molar-refractivity contribution in [3.63, 3.8) is 0 Å². The zero-order valence-corrected chi connectivity index (χ0v) is 94.3. The van der Waals surface area contributed by atoms with E-state index in [1.54, 1.807) is 107 Å². The van der Waals surface area contributed by atoms with E-state index in [0.29, 0.717) is 142 Å². The number of carbonyl (C=O) groups excluding carboxylic acids is 7. The number of nitrogens with one attached hydrogen (secondary N) is 4. The molecule has 0 heterocycles. The number of aliphatic hydroxyl groups is 7. The van der Waals surface area contributed by atoms with Gasteiger partial charge in [-0.2, -0.15) is 0 Å². The molecule has 0 bridgehead atoms. The fourth-order valence-corrected chi connectivity index (χ4v) is 24.2. The van der Waals surface area contributed by atoms with Gasteiger partial charge in [-0.3, -0.25) is 33.6 Å². The van der Waals surface area contributed by atoms with Crippen molar-refractivity contribution in [2.24, 2.45) is 96.5 Å². The number of halogens is 7. The molecule has 0 amide bonds. The standard InChI is InChI=1S/4C17H24ClNO2.3C16H22ClNO2/c4*1-16(2,3)11-9-14(20)15(21)17(10-11,19-4)12-7-5-6-8-13(12)18;3*1-15(2,3)10-8-13(19)14(20)16(18,9-10)11-6-4-5-7-12(11)17/h4*5-8,11,14,19-20H,9-10H2,1-4H3;3*4-7,10,13,19H,8-9,18H2,1-3H3/t2*11-,14+,17+;2*11-,14-,17-;10-,13+,16+;2*10-,13-,16-/m1010010/s1. The number of rotatable bonds is 11. The Hall–Kier alpha value is -6.30. The molecular weight excluding hydrogens is 1960 g/mol. The Morgan fingerprint density at radius 2 is 0.333 bits per heavy atom. The van der Waals surface area contributed by atoms with Crippen LogP contribution in [0.1, 0.15) is 274 Å². The number of ketones is 7. The van der Waals surface area contributed by atoms with Gasteiger partial charge in [0.15, 0.2) is 40.5 Å². The molecule has 28 heteroatoms. The lowest BCUT2D eigenvalue weighted by atomic mass is 9.63. The second-order valence-electron chi connectivity index (χ2n) is 48.6. The fraction of sp³-hybridized carbons (Fsp3) is 0.578. The minimum atomic E-state index is -1.20. The van der Waals surface area contributed by atoms with E-state index in [4.69, 9.17) is 98.4 Å². The van der Waals surface area contributed by atoms with Crippen molar-refractivity contribution in [1.29, 1.82) is 0 Å². The van der Waals surface area contributed by atoms with Gasteiger partial charge in [0.05, 0.1) is 0 Å². The SMILES string of the molecule is CC(C)(C)[C@@H]1C[C@@H](O)C(=O)[C@](N)(c2ccccc2Cl)C1.CC(C)(C)[C@H]1C[C@@H](O)C(=O)[C@](N)(c2ccccc2Cl)C1.CC(C)(C)[C@H]1C[C@H](O)C(=O)[C@@](N)(c2ccccc2Cl)C1.CN[C@@]1(c2ccccc2Cl)C[C@@H](C(C)(C)C)C[C@@H](O)C1=O.CN[C@@]1(c2ccccc2Cl)C[C@H](C(C)(C)C)C[C@@H](O)C1=O.CN[C@]1(c2ccccc2Cl)C[C@@H](C(C)(C)C)C[C@H](O)C1=O.CN[C@]1(c2ccccc2Cl)C[C@H](C(C)(C)C)C[C@H](O)C1=O. The maximum absolute atomic E-state index is 12.7. The van der Waals surface area contributed by atoms with E-state index in [-0.39, 0.29) is 120 Å². The van der Waals surface area contributed by atoms with Gasteiger partial charge >= 0.3 is 0 Å². The number of hydrogen-bond acceptors (Lipinski definition) is 21. The summed E-state index contributed by atoms with van der Waals surface area (Å²) in [5, 5.41) is 87.9. The average Bonchev–Trinajstić information content (AvgIpc) is 0.418. The van der Waals surface area contributed by atoms with Gasteiger partial charge in [-0.1, -0.05) is 354 Å². The maximum atomic E-state index is 12.7. The van der Waals surface area contributed by atoms with E-state index in [1.165, 1.54) is 0 Å². The molecule has 7 aliphatic carbocycles. The summed E-state index contributed by atoms with van der Waals surface area (Å²) >= 11 is 43.9. The van der Waals surface area contributed by atoms with Crippen LogP contribution in [-0.4, -0.2) is 147 Å². The van der Waals surface area contributed by atoms with Crippen LogP contribution in [0.3, 0.4) is 0 Å². The Morgan fingerprint density at radius 1 is 0.215 bits per heavy atom. The fourth-order valence-electron chi connectivity index (χ4n) is 22.1. The maximum Gasteiger partial charge on any atom is 0.185 e. The first-order valence-corrected chi connectivity index (χ1v) is 53.0. The van der Waals surface area contributed by atoms with Crippen LogP contribution in [0.2, 0.25) is 35.2 Å². The lowest BCUT2D eigenvalue weighted by Crippen LogP contribution is -2.58. The zero-order chi connectivity index (χ0) is 109. The largest absolute Gasteiger partial charge is 0.385 e. The summed E-state index contributed by atoms with van der Waals surface area (Å²) < 4.78 is 0. The van der Waals surface area contributed by atoms with Gasteiger partial charge in [-0.25, -0.2) is 0 Å². The summed E-state index contributed by atoms with van der Waals surface area (Å²) in [5.41, 5.74) is 16.9. The Kier molecular flexibility index (Phi) is 41.1. The highest BCUT2D eigenvalue weighted by atomic mass is 35.5. The van der Waals surface area contributed by atoms with Crippen LogP contribution in [0.5, 0.6) is 0 Å². The summed E-state index contributed by atoms with van der Waals surface area (Å²) in [5.74, 6) is -0.298. The molecule has 17 N–H and O–H groups in total. The molecule has 7 aromatic rings. The lowest BCUT2D eigenvalue weighted by molar-refractivity contribution is -0.142. The molecule has 0 spiro atoms. The Labute approximate surface area is 891 Å². The van der Waals surface area contributed by atoms with Crippen molar-refractivity contribution < 1.29 is 69.3 Å². The van der Waals surface area contributed by atoms with Crippen LogP contribution in [0.4, 0.5) is 0 Å². The van der Waals surface area contributed by atoms with Crippen LogP contribution in [0.15, 0.2) is 170 Å². The number of Topliss-reactive ketones (excluding diaryl/α,β-unsaturated/α-hetero) is 7. The topological polar surface area (TPSA) is 387 Å². The van der Waals surface area contributed by atoms with Gasteiger partial charge in [-0.05, 0) is 279 Å². The highest BCUT2D eigenvalue weighted by Gasteiger charge is 2.59. The van der Waals surface area contributed by atoms with Crippen LogP contribution in [-0.2, 0) is 72.3 Å². The van der Waals surface area contributed by atoms with E-state index in [9.17, 15) is 69.3 Å². The number of nitrogens with two attached hydrogens (primary N) is 3. The summed E-state index contributed by atoms with van der Waals surface area (Å²) in [6.45, 7) is 44.7. The van der Waals surface area contributed by atoms with Crippen LogP contribution in [0.25, 0.3) is 0 Å². The third-order valence-electron chi connectivity index (χ3n) is 32.3. The minimum Gasteiger partial charge on any atom is -0.385 e. The third kappa shape index (κ3) is 27.4.